The lowest BCUT2D eigenvalue weighted by molar-refractivity contribution is -0.128. The molecule has 260 valence electrons. The van der Waals surface area contributed by atoms with E-state index in [4.69, 9.17) is 4.74 Å². The third-order valence-electron chi connectivity index (χ3n) is 10.2. The zero-order valence-electron chi connectivity index (χ0n) is 28.3. The molecule has 4 bridgehead atoms. The van der Waals surface area contributed by atoms with E-state index in [1.165, 1.54) is 22.8 Å². The number of halogens is 2. The number of nitrogens with zero attached hydrogens (tertiary/aromatic N) is 3. The summed E-state index contributed by atoms with van der Waals surface area (Å²) < 4.78 is 7.83. The Labute approximate surface area is 317 Å². The Morgan fingerprint density at radius 2 is 1.33 bits per heavy atom. The molecule has 3 amide bonds. The minimum absolute atomic E-state index is 0.0485. The molecular formula is C38H45I2N5O4. The highest BCUT2D eigenvalue weighted by Crippen LogP contribution is 2.48. The van der Waals surface area contributed by atoms with Crippen molar-refractivity contribution in [2.45, 2.75) is 108 Å². The van der Waals surface area contributed by atoms with Crippen molar-refractivity contribution in [3.05, 3.63) is 66.8 Å². The maximum Gasteiger partial charge on any atom is 0.411 e. The molecule has 8 atom stereocenters. The van der Waals surface area contributed by atoms with Crippen molar-refractivity contribution < 1.29 is 19.1 Å². The van der Waals surface area contributed by atoms with Crippen LogP contribution >= 0.6 is 45.2 Å². The molecule has 6 rings (SSSR count). The van der Waals surface area contributed by atoms with E-state index in [0.717, 1.165) is 46.3 Å². The van der Waals surface area contributed by atoms with E-state index in [-0.39, 0.29) is 29.7 Å². The summed E-state index contributed by atoms with van der Waals surface area (Å²) in [5.74, 6) is 1.44. The van der Waals surface area contributed by atoms with Gasteiger partial charge in [0.25, 0.3) is 0 Å². The van der Waals surface area contributed by atoms with Crippen LogP contribution in [0.3, 0.4) is 0 Å². The number of hydrogen-bond acceptors (Lipinski definition) is 6. The number of piperidine rings is 1. The Hall–Kier alpha value is -2.91. The Kier molecular flexibility index (Phi) is 12.5. The lowest BCUT2D eigenvalue weighted by Crippen LogP contribution is -2.55. The van der Waals surface area contributed by atoms with Gasteiger partial charge in [-0.1, -0.05) is 30.7 Å². The van der Waals surface area contributed by atoms with Crippen LogP contribution in [0.1, 0.15) is 76.8 Å². The first kappa shape index (κ1) is 37.3. The van der Waals surface area contributed by atoms with Gasteiger partial charge in [0.15, 0.2) is 0 Å². The minimum atomic E-state index is -0.632. The van der Waals surface area contributed by atoms with Crippen LogP contribution in [0.5, 0.6) is 0 Å². The maximum absolute atomic E-state index is 13.0. The summed E-state index contributed by atoms with van der Waals surface area (Å²) in [6.45, 7) is 5.46. The number of hydrogen-bond donors (Lipinski definition) is 2. The number of nitriles is 2. The summed E-state index contributed by atoms with van der Waals surface area (Å²) in [4.78, 5) is 39.7. The molecule has 49 heavy (non-hydrogen) atoms. The molecule has 0 spiro atoms. The molecule has 2 aromatic carbocycles. The highest BCUT2D eigenvalue weighted by atomic mass is 127. The lowest BCUT2D eigenvalue weighted by Gasteiger charge is -2.35. The molecule has 2 aromatic rings. The fraction of sp³-hybridized carbons (Fsp3) is 0.553. The van der Waals surface area contributed by atoms with Crippen molar-refractivity contribution in [3.63, 3.8) is 0 Å². The van der Waals surface area contributed by atoms with Gasteiger partial charge in [0.05, 0.1) is 12.1 Å². The van der Waals surface area contributed by atoms with Crippen LogP contribution < -0.4 is 10.6 Å². The third-order valence-corrected chi connectivity index (χ3v) is 11.6. The van der Waals surface area contributed by atoms with Gasteiger partial charge in [0.2, 0.25) is 11.8 Å². The molecular weight excluding hydrogens is 844 g/mol. The van der Waals surface area contributed by atoms with E-state index in [1.807, 2.05) is 69.3 Å². The van der Waals surface area contributed by atoms with Crippen LogP contribution in [0.25, 0.3) is 0 Å². The first-order valence-corrected chi connectivity index (χ1v) is 19.4. The standard InChI is InChI=1S/C21H26IN3O3.C17H19IN2O/c1-21(2,3)28-20(27)25-17-9-6-14(11-17)18(25)19(26)24-16(12-23)10-13-4-7-15(22)8-5-13;18-14-5-2-11(3-6-14)8-15(10-19)20-17(21)16-9-12-1-4-13(16)7-12/h4-5,7-8,14,16-18H,6,9-11H2,1-3H3,(H,24,26);2-3,5-6,12-13,15-16H,1,4,7-9H2,(H,20,21)/t14-,16-,17+,18-;12-,13+,15+,16+/m01/s1. The topological polar surface area (TPSA) is 135 Å². The van der Waals surface area contributed by atoms with Crippen molar-refractivity contribution in [2.24, 2.45) is 23.7 Å². The van der Waals surface area contributed by atoms with Crippen LogP contribution in [0.4, 0.5) is 4.79 Å². The van der Waals surface area contributed by atoms with Crippen LogP contribution in [-0.4, -0.2) is 52.6 Å². The fourth-order valence-corrected chi connectivity index (χ4v) is 8.69. The SMILES string of the molecule is CC(C)(C)OC(=O)N1[C@@H]2CC[C@@H](C2)[C@H]1C(=O)N[C@H](C#N)Cc1ccc(I)cc1.N#C[C@H](Cc1ccc(I)cc1)NC(=O)[C@H]1C[C@@H]2CC[C@H]1C2. The smallest absolute Gasteiger partial charge is 0.411 e. The van der Waals surface area contributed by atoms with Gasteiger partial charge >= 0.3 is 6.09 Å². The second-order valence-electron chi connectivity index (χ2n) is 14.9. The first-order valence-electron chi connectivity index (χ1n) is 17.2. The Bertz CT molecular complexity index is 1580. The molecule has 4 fully saturated rings. The Morgan fingerprint density at radius 3 is 1.80 bits per heavy atom. The number of benzene rings is 2. The average Bonchev–Trinajstić information content (AvgIpc) is 3.88. The second kappa shape index (κ2) is 16.4. The summed E-state index contributed by atoms with van der Waals surface area (Å²) in [5.41, 5.74) is 1.47. The first-order chi connectivity index (χ1) is 23.3. The molecule has 9 nitrogen and oxygen atoms in total. The number of nitrogens with one attached hydrogen (secondary N) is 2. The largest absolute Gasteiger partial charge is 0.444 e. The molecule has 11 heteroatoms. The van der Waals surface area contributed by atoms with Crippen molar-refractivity contribution in [1.29, 1.82) is 10.5 Å². The van der Waals surface area contributed by atoms with Gasteiger partial charge < -0.3 is 15.4 Å². The van der Waals surface area contributed by atoms with Gasteiger partial charge in [-0.05, 0) is 158 Å². The molecule has 3 aliphatic carbocycles. The van der Waals surface area contributed by atoms with E-state index in [9.17, 15) is 24.9 Å². The third kappa shape index (κ3) is 9.87. The van der Waals surface area contributed by atoms with Crippen LogP contribution in [-0.2, 0) is 27.2 Å². The van der Waals surface area contributed by atoms with Gasteiger partial charge in [0, 0.05) is 31.9 Å². The lowest BCUT2D eigenvalue weighted by atomic mass is 9.88. The molecule has 1 saturated heterocycles. The van der Waals surface area contributed by atoms with Crippen LogP contribution in [0, 0.1) is 53.5 Å². The van der Waals surface area contributed by atoms with E-state index in [1.54, 1.807) is 4.90 Å². The number of fused-ring (bicyclic) bond motifs is 4. The van der Waals surface area contributed by atoms with E-state index >= 15 is 0 Å². The number of amides is 3. The molecule has 0 aromatic heterocycles. The number of carbonyl (C=O) groups excluding carboxylic acids is 3. The summed E-state index contributed by atoms with van der Waals surface area (Å²) in [6, 6.07) is 18.8. The van der Waals surface area contributed by atoms with Crippen LogP contribution in [0.15, 0.2) is 48.5 Å². The van der Waals surface area contributed by atoms with Gasteiger partial charge in [0.1, 0.15) is 23.7 Å². The molecule has 4 aliphatic rings. The quantitative estimate of drug-likeness (QED) is 0.277. The Morgan fingerprint density at radius 1 is 0.796 bits per heavy atom. The average molecular weight is 890 g/mol. The predicted octanol–water partition coefficient (Wildman–Crippen LogP) is 6.91. The van der Waals surface area contributed by atoms with Crippen molar-refractivity contribution in [2.75, 3.05) is 0 Å². The predicted molar refractivity (Wildman–Crippen MR) is 203 cm³/mol. The number of ether oxygens (including phenoxy) is 1. The van der Waals surface area contributed by atoms with Crippen molar-refractivity contribution in [1.82, 2.24) is 15.5 Å². The molecule has 0 unspecified atom stereocenters. The summed E-state index contributed by atoms with van der Waals surface area (Å²) in [5, 5.41) is 24.6. The second-order valence-corrected chi connectivity index (χ2v) is 17.4. The van der Waals surface area contributed by atoms with Gasteiger partial charge in [-0.2, -0.15) is 10.5 Å². The zero-order chi connectivity index (χ0) is 35.3. The summed E-state index contributed by atoms with van der Waals surface area (Å²) in [7, 11) is 0. The highest BCUT2D eigenvalue weighted by Gasteiger charge is 2.52. The minimum Gasteiger partial charge on any atom is -0.444 e. The monoisotopic (exact) mass is 889 g/mol. The summed E-state index contributed by atoms with van der Waals surface area (Å²) in [6.07, 6.45) is 7.96. The molecule has 2 N–H and O–H groups in total. The Balaban J connectivity index is 0.000000199. The molecule has 3 saturated carbocycles. The van der Waals surface area contributed by atoms with E-state index < -0.39 is 29.8 Å². The van der Waals surface area contributed by atoms with E-state index in [2.05, 4.69) is 68.0 Å². The highest BCUT2D eigenvalue weighted by molar-refractivity contribution is 14.1. The number of rotatable bonds is 8. The van der Waals surface area contributed by atoms with Gasteiger partial charge in [-0.25, -0.2) is 4.79 Å². The molecule has 1 aliphatic heterocycles. The number of carbonyl (C=O) groups is 3. The number of likely N-dealkylation sites (tertiary alicyclic amines) is 1. The molecule has 0 radical (unpaired) electrons. The van der Waals surface area contributed by atoms with Gasteiger partial charge in [-0.3, -0.25) is 14.5 Å². The fourth-order valence-electron chi connectivity index (χ4n) is 7.97. The molecule has 1 heterocycles. The van der Waals surface area contributed by atoms with Gasteiger partial charge in [-0.15, -0.1) is 0 Å². The summed E-state index contributed by atoms with van der Waals surface area (Å²) >= 11 is 4.49. The van der Waals surface area contributed by atoms with Crippen LogP contribution in [0.2, 0.25) is 0 Å². The van der Waals surface area contributed by atoms with E-state index in [0.29, 0.717) is 18.8 Å². The maximum atomic E-state index is 13.0. The zero-order valence-corrected chi connectivity index (χ0v) is 32.6. The van der Waals surface area contributed by atoms with Crippen molar-refractivity contribution in [3.8, 4) is 12.1 Å². The van der Waals surface area contributed by atoms with Crippen molar-refractivity contribution >= 4 is 63.1 Å². The normalized spacial score (nSPS) is 26.1.